The highest BCUT2D eigenvalue weighted by Crippen LogP contribution is 2.30. The molecule has 0 aliphatic rings. The predicted molar refractivity (Wildman–Crippen MR) is 69.4 cm³/mol. The lowest BCUT2D eigenvalue weighted by Crippen LogP contribution is -2.12. The minimum atomic E-state index is -0.0117. The summed E-state index contributed by atoms with van der Waals surface area (Å²) in [6, 6.07) is 5.71. The molecule has 1 aromatic carbocycles. The molecule has 17 heavy (non-hydrogen) atoms. The second kappa shape index (κ2) is 7.14. The van der Waals surface area contributed by atoms with Crippen LogP contribution >= 0.6 is 0 Å². The van der Waals surface area contributed by atoms with Crippen molar-refractivity contribution in [2.24, 2.45) is 11.5 Å². The van der Waals surface area contributed by atoms with Gasteiger partial charge >= 0.3 is 0 Å². The normalized spacial score (nSPS) is 12.2. The van der Waals surface area contributed by atoms with Crippen LogP contribution in [0.1, 0.15) is 30.9 Å². The van der Waals surface area contributed by atoms with Crippen LogP contribution in [0.2, 0.25) is 0 Å². The van der Waals surface area contributed by atoms with Crippen LogP contribution < -0.4 is 20.9 Å². The van der Waals surface area contributed by atoms with E-state index in [1.54, 1.807) is 14.2 Å². The number of rotatable bonds is 7. The molecule has 0 aliphatic heterocycles. The molecular weight excluding hydrogens is 216 g/mol. The maximum atomic E-state index is 6.14. The molecule has 0 spiro atoms. The van der Waals surface area contributed by atoms with E-state index in [-0.39, 0.29) is 6.04 Å². The number of hydrogen-bond donors (Lipinski definition) is 2. The Morgan fingerprint density at radius 2 is 1.94 bits per heavy atom. The molecule has 4 N–H and O–H groups in total. The minimum Gasteiger partial charge on any atom is -0.497 e. The highest BCUT2D eigenvalue weighted by Gasteiger charge is 2.12. The summed E-state index contributed by atoms with van der Waals surface area (Å²) >= 11 is 0. The molecule has 0 aliphatic carbocycles. The topological polar surface area (TPSA) is 70.5 Å². The molecule has 4 heteroatoms. The fourth-order valence-electron chi connectivity index (χ4n) is 1.79. The van der Waals surface area contributed by atoms with Gasteiger partial charge in [-0.25, -0.2) is 0 Å². The smallest absolute Gasteiger partial charge is 0.127 e. The summed E-state index contributed by atoms with van der Waals surface area (Å²) in [6.07, 6.45) is 2.96. The van der Waals surface area contributed by atoms with Crippen LogP contribution in [0.4, 0.5) is 0 Å². The second-order valence-corrected chi connectivity index (χ2v) is 4.00. The maximum Gasteiger partial charge on any atom is 0.127 e. The number of benzene rings is 1. The molecule has 0 aromatic heterocycles. The quantitative estimate of drug-likeness (QED) is 0.711. The molecule has 1 aromatic rings. The van der Waals surface area contributed by atoms with Crippen LogP contribution in [0.15, 0.2) is 18.2 Å². The van der Waals surface area contributed by atoms with Gasteiger partial charge in [0.1, 0.15) is 11.5 Å². The van der Waals surface area contributed by atoms with Crippen molar-refractivity contribution in [2.75, 3.05) is 20.8 Å². The Morgan fingerprint density at radius 3 is 2.53 bits per heavy atom. The maximum absolute atomic E-state index is 6.14. The molecule has 0 fully saturated rings. The second-order valence-electron chi connectivity index (χ2n) is 4.00. The van der Waals surface area contributed by atoms with Gasteiger partial charge in [0, 0.05) is 17.7 Å². The summed E-state index contributed by atoms with van der Waals surface area (Å²) in [5.41, 5.74) is 12.6. The van der Waals surface area contributed by atoms with Crippen LogP contribution in [0, 0.1) is 0 Å². The van der Waals surface area contributed by atoms with Gasteiger partial charge in [0.15, 0.2) is 0 Å². The lowest BCUT2D eigenvalue weighted by atomic mass is 10.0. The van der Waals surface area contributed by atoms with Gasteiger partial charge in [-0.3, -0.25) is 0 Å². The summed E-state index contributed by atoms with van der Waals surface area (Å²) in [5.74, 6) is 1.56. The van der Waals surface area contributed by atoms with Crippen LogP contribution in [-0.2, 0) is 0 Å². The lowest BCUT2D eigenvalue weighted by Gasteiger charge is -2.16. The zero-order valence-corrected chi connectivity index (χ0v) is 10.6. The van der Waals surface area contributed by atoms with Gasteiger partial charge in [-0.2, -0.15) is 0 Å². The Bertz CT molecular complexity index is 342. The molecule has 0 amide bonds. The third kappa shape index (κ3) is 3.91. The molecule has 4 nitrogen and oxygen atoms in total. The molecule has 1 atom stereocenters. The van der Waals surface area contributed by atoms with Gasteiger partial charge in [0.2, 0.25) is 0 Å². The number of unbranched alkanes of at least 4 members (excludes halogenated alkanes) is 1. The van der Waals surface area contributed by atoms with Crippen LogP contribution in [0.5, 0.6) is 11.5 Å². The summed E-state index contributed by atoms with van der Waals surface area (Å²) in [7, 11) is 3.28. The van der Waals surface area contributed by atoms with E-state index in [1.807, 2.05) is 18.2 Å². The fraction of sp³-hybridized carbons (Fsp3) is 0.538. The molecule has 0 saturated heterocycles. The third-order valence-electron chi connectivity index (χ3n) is 2.81. The monoisotopic (exact) mass is 238 g/mol. The average Bonchev–Trinajstić information content (AvgIpc) is 2.38. The van der Waals surface area contributed by atoms with E-state index in [9.17, 15) is 0 Å². The summed E-state index contributed by atoms with van der Waals surface area (Å²) < 4.78 is 10.5. The molecule has 0 bridgehead atoms. The number of ether oxygens (including phenoxy) is 2. The highest BCUT2D eigenvalue weighted by molar-refractivity contribution is 5.42. The largest absolute Gasteiger partial charge is 0.497 e. The van der Waals surface area contributed by atoms with Crippen LogP contribution in [0.3, 0.4) is 0 Å². The Balaban J connectivity index is 2.74. The Hall–Kier alpha value is -1.26. The van der Waals surface area contributed by atoms with Gasteiger partial charge in [0.05, 0.1) is 14.2 Å². The van der Waals surface area contributed by atoms with Crippen molar-refractivity contribution in [2.45, 2.75) is 25.3 Å². The molecule has 96 valence electrons. The standard InChI is InChI=1S/C13H22N2O2/c1-16-10-6-7-11(13(9-10)17-2)12(15)5-3-4-8-14/h6-7,9,12H,3-5,8,14-15H2,1-2H3/t12-/m1/s1. The van der Waals surface area contributed by atoms with Crippen LogP contribution in [0.25, 0.3) is 0 Å². The molecule has 0 radical (unpaired) electrons. The summed E-state index contributed by atoms with van der Waals surface area (Å²) in [6.45, 7) is 0.715. The van der Waals surface area contributed by atoms with E-state index < -0.39 is 0 Å². The molecule has 0 heterocycles. The van der Waals surface area contributed by atoms with E-state index in [0.29, 0.717) is 6.54 Å². The van der Waals surface area contributed by atoms with E-state index in [1.165, 1.54) is 0 Å². The van der Waals surface area contributed by atoms with Crippen molar-refractivity contribution in [3.63, 3.8) is 0 Å². The van der Waals surface area contributed by atoms with Crippen molar-refractivity contribution in [3.8, 4) is 11.5 Å². The summed E-state index contributed by atoms with van der Waals surface area (Å²) in [5, 5.41) is 0. The van der Waals surface area contributed by atoms with Crippen molar-refractivity contribution >= 4 is 0 Å². The summed E-state index contributed by atoms with van der Waals surface area (Å²) in [4.78, 5) is 0. The van der Waals surface area contributed by atoms with Crippen molar-refractivity contribution < 1.29 is 9.47 Å². The van der Waals surface area contributed by atoms with E-state index in [2.05, 4.69) is 0 Å². The number of hydrogen-bond acceptors (Lipinski definition) is 4. The molecular formula is C13H22N2O2. The molecule has 0 saturated carbocycles. The van der Waals surface area contributed by atoms with Crippen molar-refractivity contribution in [3.05, 3.63) is 23.8 Å². The van der Waals surface area contributed by atoms with Gasteiger partial charge in [-0.05, 0) is 25.5 Å². The van der Waals surface area contributed by atoms with Gasteiger partial charge < -0.3 is 20.9 Å². The highest BCUT2D eigenvalue weighted by atomic mass is 16.5. The van der Waals surface area contributed by atoms with Gasteiger partial charge in [-0.1, -0.05) is 12.5 Å². The Kier molecular flexibility index (Phi) is 5.80. The van der Waals surface area contributed by atoms with E-state index in [0.717, 1.165) is 36.3 Å². The zero-order chi connectivity index (χ0) is 12.7. The van der Waals surface area contributed by atoms with Crippen molar-refractivity contribution in [1.82, 2.24) is 0 Å². The average molecular weight is 238 g/mol. The first kappa shape index (κ1) is 13.8. The SMILES string of the molecule is COc1ccc([C@H](N)CCCCN)c(OC)c1. The van der Waals surface area contributed by atoms with E-state index in [4.69, 9.17) is 20.9 Å². The van der Waals surface area contributed by atoms with Crippen molar-refractivity contribution in [1.29, 1.82) is 0 Å². The minimum absolute atomic E-state index is 0.0117. The third-order valence-corrected chi connectivity index (χ3v) is 2.81. The predicted octanol–water partition coefficient (Wildman–Crippen LogP) is 1.83. The van der Waals surface area contributed by atoms with Gasteiger partial charge in [0.25, 0.3) is 0 Å². The first-order valence-electron chi connectivity index (χ1n) is 5.90. The van der Waals surface area contributed by atoms with E-state index >= 15 is 0 Å². The fourth-order valence-corrected chi connectivity index (χ4v) is 1.79. The Morgan fingerprint density at radius 1 is 1.18 bits per heavy atom. The van der Waals surface area contributed by atoms with Crippen LogP contribution in [-0.4, -0.2) is 20.8 Å². The number of methoxy groups -OCH3 is 2. The molecule has 0 unspecified atom stereocenters. The zero-order valence-electron chi connectivity index (χ0n) is 10.6. The first-order chi connectivity index (χ1) is 8.22. The number of nitrogens with two attached hydrogens (primary N) is 2. The Labute approximate surface area is 103 Å². The lowest BCUT2D eigenvalue weighted by molar-refractivity contribution is 0.387. The molecule has 1 rings (SSSR count). The van der Waals surface area contributed by atoms with Gasteiger partial charge in [-0.15, -0.1) is 0 Å². The first-order valence-corrected chi connectivity index (χ1v) is 5.90.